The van der Waals surface area contributed by atoms with Crippen LogP contribution in [0, 0.1) is 5.92 Å². The van der Waals surface area contributed by atoms with E-state index >= 15 is 0 Å². The first-order valence-electron chi connectivity index (χ1n) is 8.99. The molecule has 1 saturated heterocycles. The third-order valence-electron chi connectivity index (χ3n) is 4.43. The van der Waals surface area contributed by atoms with Crippen molar-refractivity contribution in [2.24, 2.45) is 11.7 Å². The maximum absolute atomic E-state index is 12.7. The average molecular weight is 354 g/mol. The molecule has 0 saturated carbocycles. The number of rotatable bonds is 9. The molecular weight excluding hydrogens is 324 g/mol. The van der Waals surface area contributed by atoms with Gasteiger partial charge < -0.3 is 21.3 Å². The van der Waals surface area contributed by atoms with Crippen LogP contribution >= 0.6 is 0 Å². The van der Waals surface area contributed by atoms with Gasteiger partial charge in [0.1, 0.15) is 6.04 Å². The van der Waals surface area contributed by atoms with E-state index < -0.39 is 29.7 Å². The molecule has 0 aliphatic carbocycles. The summed E-state index contributed by atoms with van der Waals surface area (Å²) in [6, 6.07) is -1.53. The SMILES string of the molecule is CCCNC(=O)C(=O)C(CCC)NC(=O)C1C(C)CCN1C(=O)CN. The molecule has 4 N–H and O–H groups in total. The summed E-state index contributed by atoms with van der Waals surface area (Å²) in [5, 5.41) is 5.21. The number of ketones is 1. The largest absolute Gasteiger partial charge is 0.349 e. The number of nitrogens with two attached hydrogens (primary N) is 1. The van der Waals surface area contributed by atoms with Crippen LogP contribution < -0.4 is 16.4 Å². The van der Waals surface area contributed by atoms with Crippen LogP contribution in [0.3, 0.4) is 0 Å². The van der Waals surface area contributed by atoms with Gasteiger partial charge in [0.25, 0.3) is 5.91 Å². The molecule has 142 valence electrons. The van der Waals surface area contributed by atoms with Crippen LogP contribution in [0.4, 0.5) is 0 Å². The lowest BCUT2D eigenvalue weighted by molar-refractivity contribution is -0.142. The van der Waals surface area contributed by atoms with Gasteiger partial charge >= 0.3 is 0 Å². The van der Waals surface area contributed by atoms with Crippen LogP contribution in [0.1, 0.15) is 46.5 Å². The number of amides is 3. The van der Waals surface area contributed by atoms with Crippen LogP contribution in [0.25, 0.3) is 0 Å². The number of Topliss-reactive ketones (excluding diaryl/α,β-unsaturated/α-hetero) is 1. The summed E-state index contributed by atoms with van der Waals surface area (Å²) in [6.07, 6.45) is 2.44. The highest BCUT2D eigenvalue weighted by Gasteiger charge is 2.40. The lowest BCUT2D eigenvalue weighted by Crippen LogP contribution is -2.55. The van der Waals surface area contributed by atoms with Crippen molar-refractivity contribution in [3.63, 3.8) is 0 Å². The topological polar surface area (TPSA) is 122 Å². The predicted molar refractivity (Wildman–Crippen MR) is 93.5 cm³/mol. The third-order valence-corrected chi connectivity index (χ3v) is 4.43. The lowest BCUT2D eigenvalue weighted by Gasteiger charge is -2.27. The highest BCUT2D eigenvalue weighted by molar-refractivity contribution is 6.38. The Bertz CT molecular complexity index is 509. The predicted octanol–water partition coefficient (Wildman–Crippen LogP) is -0.438. The summed E-state index contributed by atoms with van der Waals surface area (Å²) in [7, 11) is 0. The van der Waals surface area contributed by atoms with E-state index in [-0.39, 0.29) is 18.4 Å². The molecule has 0 aromatic rings. The molecule has 1 heterocycles. The van der Waals surface area contributed by atoms with E-state index in [1.807, 2.05) is 20.8 Å². The number of nitrogens with one attached hydrogen (secondary N) is 2. The second-order valence-corrected chi connectivity index (χ2v) is 6.47. The van der Waals surface area contributed by atoms with Crippen molar-refractivity contribution in [2.75, 3.05) is 19.6 Å². The van der Waals surface area contributed by atoms with Crippen molar-refractivity contribution in [3.8, 4) is 0 Å². The van der Waals surface area contributed by atoms with Crippen molar-refractivity contribution in [1.29, 1.82) is 0 Å². The molecule has 0 aromatic carbocycles. The first kappa shape index (κ1) is 21.1. The van der Waals surface area contributed by atoms with Gasteiger partial charge in [-0.2, -0.15) is 0 Å². The Kier molecular flexibility index (Phi) is 8.54. The number of carbonyl (C=O) groups excluding carboxylic acids is 4. The quantitative estimate of drug-likeness (QED) is 0.485. The summed E-state index contributed by atoms with van der Waals surface area (Å²) in [5.74, 6) is -2.05. The fraction of sp³-hybridized carbons (Fsp3) is 0.765. The molecule has 0 bridgehead atoms. The van der Waals surface area contributed by atoms with Gasteiger partial charge in [0, 0.05) is 13.1 Å². The molecule has 25 heavy (non-hydrogen) atoms. The van der Waals surface area contributed by atoms with Crippen molar-refractivity contribution in [3.05, 3.63) is 0 Å². The molecule has 3 atom stereocenters. The molecule has 8 nitrogen and oxygen atoms in total. The minimum atomic E-state index is -0.878. The third kappa shape index (κ3) is 5.52. The molecule has 3 amide bonds. The Morgan fingerprint density at radius 3 is 2.44 bits per heavy atom. The molecule has 0 aromatic heterocycles. The van der Waals surface area contributed by atoms with Gasteiger partial charge in [-0.3, -0.25) is 19.2 Å². The van der Waals surface area contributed by atoms with Crippen molar-refractivity contribution in [1.82, 2.24) is 15.5 Å². The van der Waals surface area contributed by atoms with E-state index in [4.69, 9.17) is 5.73 Å². The van der Waals surface area contributed by atoms with Crippen LogP contribution in [-0.2, 0) is 19.2 Å². The molecular formula is C17H30N4O4. The number of hydrogen-bond acceptors (Lipinski definition) is 5. The summed E-state index contributed by atoms with van der Waals surface area (Å²) >= 11 is 0. The molecule has 1 aliphatic heterocycles. The summed E-state index contributed by atoms with van der Waals surface area (Å²) in [5.41, 5.74) is 5.41. The minimum Gasteiger partial charge on any atom is -0.349 e. The summed E-state index contributed by atoms with van der Waals surface area (Å²) < 4.78 is 0. The first-order chi connectivity index (χ1) is 11.9. The molecule has 1 aliphatic rings. The molecule has 0 radical (unpaired) electrons. The standard InChI is InChI=1S/C17H30N4O4/c1-4-6-12(15(23)17(25)19-8-5-2)20-16(24)14-11(3)7-9-21(14)13(22)10-18/h11-12,14H,4-10,18H2,1-3H3,(H,19,25)(H,20,24). The monoisotopic (exact) mass is 354 g/mol. The maximum Gasteiger partial charge on any atom is 0.289 e. The van der Waals surface area contributed by atoms with Gasteiger partial charge in [-0.05, 0) is 25.2 Å². The Hall–Kier alpha value is -1.96. The second-order valence-electron chi connectivity index (χ2n) is 6.47. The number of hydrogen-bond donors (Lipinski definition) is 3. The average Bonchev–Trinajstić information content (AvgIpc) is 2.99. The van der Waals surface area contributed by atoms with E-state index in [2.05, 4.69) is 10.6 Å². The maximum atomic E-state index is 12.7. The van der Waals surface area contributed by atoms with Gasteiger partial charge in [0.05, 0.1) is 12.6 Å². The van der Waals surface area contributed by atoms with Crippen LogP contribution in [0.15, 0.2) is 0 Å². The lowest BCUT2D eigenvalue weighted by atomic mass is 10.00. The Labute approximate surface area is 148 Å². The number of carbonyl (C=O) groups is 4. The smallest absolute Gasteiger partial charge is 0.289 e. The Balaban J connectivity index is 2.82. The van der Waals surface area contributed by atoms with Crippen molar-refractivity contribution < 1.29 is 19.2 Å². The van der Waals surface area contributed by atoms with E-state index in [9.17, 15) is 19.2 Å². The minimum absolute atomic E-state index is 0.0261. The fourth-order valence-electron chi connectivity index (χ4n) is 3.04. The summed E-state index contributed by atoms with van der Waals surface area (Å²) in [4.78, 5) is 50.3. The Morgan fingerprint density at radius 1 is 1.20 bits per heavy atom. The zero-order valence-corrected chi connectivity index (χ0v) is 15.3. The Morgan fingerprint density at radius 2 is 1.88 bits per heavy atom. The zero-order chi connectivity index (χ0) is 19.0. The molecule has 1 rings (SSSR count). The van der Waals surface area contributed by atoms with Crippen LogP contribution in [0.2, 0.25) is 0 Å². The highest BCUT2D eigenvalue weighted by atomic mass is 16.2. The normalized spacial score (nSPS) is 20.9. The van der Waals surface area contributed by atoms with Crippen LogP contribution in [0.5, 0.6) is 0 Å². The molecule has 3 unspecified atom stereocenters. The summed E-state index contributed by atoms with van der Waals surface area (Å²) in [6.45, 7) is 6.37. The number of nitrogens with zero attached hydrogens (tertiary/aromatic N) is 1. The van der Waals surface area contributed by atoms with E-state index in [0.29, 0.717) is 32.4 Å². The van der Waals surface area contributed by atoms with Gasteiger partial charge in [0.2, 0.25) is 17.6 Å². The van der Waals surface area contributed by atoms with Gasteiger partial charge in [-0.1, -0.05) is 27.2 Å². The number of likely N-dealkylation sites (tertiary alicyclic amines) is 1. The van der Waals surface area contributed by atoms with Gasteiger partial charge in [-0.25, -0.2) is 0 Å². The molecule has 8 heteroatoms. The van der Waals surface area contributed by atoms with Gasteiger partial charge in [0.15, 0.2) is 0 Å². The highest BCUT2D eigenvalue weighted by Crippen LogP contribution is 2.24. The van der Waals surface area contributed by atoms with Crippen molar-refractivity contribution in [2.45, 2.75) is 58.5 Å². The zero-order valence-electron chi connectivity index (χ0n) is 15.3. The van der Waals surface area contributed by atoms with Crippen molar-refractivity contribution >= 4 is 23.5 Å². The van der Waals surface area contributed by atoms with E-state index in [1.54, 1.807) is 0 Å². The molecule has 1 fully saturated rings. The molecule has 0 spiro atoms. The van der Waals surface area contributed by atoms with E-state index in [0.717, 1.165) is 6.42 Å². The first-order valence-corrected chi connectivity index (χ1v) is 8.99. The fourth-order valence-corrected chi connectivity index (χ4v) is 3.04. The van der Waals surface area contributed by atoms with E-state index in [1.165, 1.54) is 4.90 Å². The second kappa shape index (κ2) is 10.1. The van der Waals surface area contributed by atoms with Gasteiger partial charge in [-0.15, -0.1) is 0 Å². The van der Waals surface area contributed by atoms with Crippen LogP contribution in [-0.4, -0.2) is 60.1 Å².